The molecular weight excluding hydrogens is 281 g/mol. The van der Waals surface area contributed by atoms with Gasteiger partial charge < -0.3 is 4.98 Å². The summed E-state index contributed by atoms with van der Waals surface area (Å²) in [6, 6.07) is 6.69. The molecule has 1 saturated carbocycles. The van der Waals surface area contributed by atoms with Gasteiger partial charge in [-0.05, 0) is 37.0 Å². The molecule has 1 N–H and O–H groups in total. The normalized spacial score (nSPS) is 18.2. The second kappa shape index (κ2) is 5.32. The Morgan fingerprint density at radius 2 is 2.23 bits per heavy atom. The van der Waals surface area contributed by atoms with E-state index >= 15 is 0 Å². The number of aromatic amines is 1. The van der Waals surface area contributed by atoms with Crippen LogP contribution in [0.5, 0.6) is 0 Å². The molecule has 0 radical (unpaired) electrons. The molecule has 1 aliphatic carbocycles. The molecule has 4 nitrogen and oxygen atoms in total. The zero-order valence-corrected chi connectivity index (χ0v) is 12.3. The fraction of sp³-hybridized carbons (Fsp3) is 0.412. The van der Waals surface area contributed by atoms with Crippen LogP contribution in [-0.2, 0) is 19.5 Å². The van der Waals surface area contributed by atoms with Crippen molar-refractivity contribution >= 4 is 0 Å². The number of halogens is 1. The lowest BCUT2D eigenvalue weighted by molar-refractivity contribution is 0.239. The van der Waals surface area contributed by atoms with Crippen molar-refractivity contribution in [2.75, 3.05) is 6.54 Å². The van der Waals surface area contributed by atoms with E-state index in [4.69, 9.17) is 0 Å². The highest BCUT2D eigenvalue weighted by atomic mass is 19.1. The summed E-state index contributed by atoms with van der Waals surface area (Å²) in [4.78, 5) is 22.0. The number of fused-ring (bicyclic) bond motifs is 1. The molecule has 1 fully saturated rings. The molecular formula is C17H18FN3O. The largest absolute Gasteiger partial charge is 0.310 e. The topological polar surface area (TPSA) is 49.0 Å². The number of nitrogens with one attached hydrogen (secondary N) is 1. The van der Waals surface area contributed by atoms with Gasteiger partial charge in [0.1, 0.15) is 11.6 Å². The van der Waals surface area contributed by atoms with E-state index in [0.717, 1.165) is 42.0 Å². The number of benzene rings is 1. The predicted octanol–water partition coefficient (Wildman–Crippen LogP) is 2.34. The minimum absolute atomic E-state index is 0.0253. The van der Waals surface area contributed by atoms with Gasteiger partial charge in [-0.1, -0.05) is 12.1 Å². The Bertz CT molecular complexity index is 767. The molecule has 0 spiro atoms. The smallest absolute Gasteiger partial charge is 0.254 e. The van der Waals surface area contributed by atoms with Gasteiger partial charge >= 0.3 is 0 Å². The first-order chi connectivity index (χ1) is 10.7. The van der Waals surface area contributed by atoms with Gasteiger partial charge in [0.15, 0.2) is 0 Å². The molecule has 2 aromatic rings. The Kier molecular flexibility index (Phi) is 3.30. The van der Waals surface area contributed by atoms with E-state index in [0.29, 0.717) is 25.4 Å². The van der Waals surface area contributed by atoms with Gasteiger partial charge in [0.25, 0.3) is 5.56 Å². The van der Waals surface area contributed by atoms with Gasteiger partial charge in [0.05, 0.1) is 5.69 Å². The maximum Gasteiger partial charge on any atom is 0.254 e. The molecule has 1 aromatic heterocycles. The van der Waals surface area contributed by atoms with Gasteiger partial charge in [0, 0.05) is 31.1 Å². The van der Waals surface area contributed by atoms with E-state index in [2.05, 4.69) is 14.9 Å². The van der Waals surface area contributed by atoms with E-state index < -0.39 is 0 Å². The van der Waals surface area contributed by atoms with Crippen LogP contribution < -0.4 is 5.56 Å². The van der Waals surface area contributed by atoms with Gasteiger partial charge in [-0.3, -0.25) is 9.69 Å². The van der Waals surface area contributed by atoms with Crippen molar-refractivity contribution in [3.63, 3.8) is 0 Å². The maximum absolute atomic E-state index is 13.3. The predicted molar refractivity (Wildman–Crippen MR) is 81.1 cm³/mol. The van der Waals surface area contributed by atoms with E-state index in [1.807, 2.05) is 6.07 Å². The third-order valence-electron chi connectivity index (χ3n) is 4.43. The Morgan fingerprint density at radius 1 is 1.36 bits per heavy atom. The molecule has 2 aliphatic rings. The first-order valence-corrected chi connectivity index (χ1v) is 7.78. The minimum atomic E-state index is -0.208. The third kappa shape index (κ3) is 2.68. The number of H-pyrrole nitrogens is 1. The first-order valence-electron chi connectivity index (χ1n) is 7.78. The first kappa shape index (κ1) is 13.6. The lowest BCUT2D eigenvalue weighted by Gasteiger charge is -2.27. The molecule has 0 amide bonds. The van der Waals surface area contributed by atoms with Crippen LogP contribution in [0.1, 0.15) is 41.4 Å². The summed E-state index contributed by atoms with van der Waals surface area (Å²) >= 11 is 0. The van der Waals surface area contributed by atoms with Crippen LogP contribution in [-0.4, -0.2) is 21.4 Å². The Hall–Kier alpha value is -2.01. The van der Waals surface area contributed by atoms with Crippen molar-refractivity contribution in [3.8, 4) is 0 Å². The molecule has 0 atom stereocenters. The van der Waals surface area contributed by atoms with Gasteiger partial charge in [-0.25, -0.2) is 9.37 Å². The second-order valence-corrected chi connectivity index (χ2v) is 6.24. The molecule has 0 unspecified atom stereocenters. The van der Waals surface area contributed by atoms with Crippen LogP contribution in [0.2, 0.25) is 0 Å². The fourth-order valence-electron chi connectivity index (χ4n) is 3.09. The lowest BCUT2D eigenvalue weighted by atomic mass is 10.1. The van der Waals surface area contributed by atoms with Gasteiger partial charge in [-0.2, -0.15) is 0 Å². The highest BCUT2D eigenvalue weighted by Gasteiger charge is 2.29. The van der Waals surface area contributed by atoms with Crippen LogP contribution >= 0.6 is 0 Å². The summed E-state index contributed by atoms with van der Waals surface area (Å²) < 4.78 is 13.3. The van der Waals surface area contributed by atoms with Crippen LogP contribution in [0, 0.1) is 5.82 Å². The summed E-state index contributed by atoms with van der Waals surface area (Å²) in [5.41, 5.74) is 2.70. The molecule has 1 aliphatic heterocycles. The van der Waals surface area contributed by atoms with Crippen molar-refractivity contribution in [2.45, 2.75) is 38.3 Å². The quantitative estimate of drug-likeness (QED) is 0.946. The molecule has 114 valence electrons. The number of hydrogen-bond acceptors (Lipinski definition) is 3. The zero-order valence-electron chi connectivity index (χ0n) is 12.3. The van der Waals surface area contributed by atoms with E-state index in [-0.39, 0.29) is 11.4 Å². The van der Waals surface area contributed by atoms with Crippen molar-refractivity contribution in [3.05, 3.63) is 63.1 Å². The molecule has 5 heteroatoms. The monoisotopic (exact) mass is 299 g/mol. The Labute approximate surface area is 128 Å². The summed E-state index contributed by atoms with van der Waals surface area (Å²) in [6.45, 7) is 2.15. The van der Waals surface area contributed by atoms with Gasteiger partial charge in [-0.15, -0.1) is 0 Å². The van der Waals surface area contributed by atoms with Crippen molar-refractivity contribution in [2.24, 2.45) is 0 Å². The van der Waals surface area contributed by atoms with Crippen LogP contribution in [0.3, 0.4) is 0 Å². The minimum Gasteiger partial charge on any atom is -0.310 e. The zero-order chi connectivity index (χ0) is 15.1. The number of rotatable bonds is 3. The average molecular weight is 299 g/mol. The molecule has 4 rings (SSSR count). The number of aromatic nitrogens is 2. The number of hydrogen-bond donors (Lipinski definition) is 1. The maximum atomic E-state index is 13.3. The number of nitrogens with zero attached hydrogens (tertiary/aromatic N) is 2. The molecule has 0 bridgehead atoms. The summed E-state index contributed by atoms with van der Waals surface area (Å²) in [6.07, 6.45) is 2.95. The fourth-order valence-corrected chi connectivity index (χ4v) is 3.09. The van der Waals surface area contributed by atoms with E-state index in [9.17, 15) is 9.18 Å². The Morgan fingerprint density at radius 3 is 3.00 bits per heavy atom. The van der Waals surface area contributed by atoms with Crippen LogP contribution in [0.15, 0.2) is 29.1 Å². The van der Waals surface area contributed by atoms with Gasteiger partial charge in [0.2, 0.25) is 0 Å². The highest BCUT2D eigenvalue weighted by Crippen LogP contribution is 2.37. The SMILES string of the molecule is O=c1[nH]c(C2CC2)nc2c1CCN(Cc1cccc(F)c1)C2. The van der Waals surface area contributed by atoms with Crippen molar-refractivity contribution < 1.29 is 4.39 Å². The summed E-state index contributed by atoms with van der Waals surface area (Å²) in [5, 5.41) is 0. The molecule has 1 aromatic carbocycles. The second-order valence-electron chi connectivity index (χ2n) is 6.24. The van der Waals surface area contributed by atoms with Crippen LogP contribution in [0.4, 0.5) is 4.39 Å². The molecule has 22 heavy (non-hydrogen) atoms. The summed E-state index contributed by atoms with van der Waals surface area (Å²) in [5.74, 6) is 1.08. The summed E-state index contributed by atoms with van der Waals surface area (Å²) in [7, 11) is 0. The average Bonchev–Trinajstić information content (AvgIpc) is 3.31. The molecule has 0 saturated heterocycles. The highest BCUT2D eigenvalue weighted by molar-refractivity contribution is 5.24. The van der Waals surface area contributed by atoms with Crippen molar-refractivity contribution in [1.82, 2.24) is 14.9 Å². The standard InChI is InChI=1S/C17H18FN3O/c18-13-3-1-2-11(8-13)9-21-7-6-14-15(10-21)19-16(12-4-5-12)20-17(14)22/h1-3,8,12H,4-7,9-10H2,(H,19,20,22). The molecule has 2 heterocycles. The lowest BCUT2D eigenvalue weighted by Crippen LogP contribution is -2.35. The van der Waals surface area contributed by atoms with Crippen molar-refractivity contribution in [1.29, 1.82) is 0 Å². The third-order valence-corrected chi connectivity index (χ3v) is 4.43. The Balaban J connectivity index is 1.56. The van der Waals surface area contributed by atoms with E-state index in [1.54, 1.807) is 12.1 Å². The van der Waals surface area contributed by atoms with E-state index in [1.165, 1.54) is 6.07 Å². The van der Waals surface area contributed by atoms with Crippen LogP contribution in [0.25, 0.3) is 0 Å².